The summed E-state index contributed by atoms with van der Waals surface area (Å²) < 4.78 is 13.5. The molecule has 5 heteroatoms. The number of carbonyl (C=O) groups is 1. The molecular formula is C14H22FN3O. The van der Waals surface area contributed by atoms with Gasteiger partial charge in [0.15, 0.2) is 0 Å². The second-order valence-electron chi connectivity index (χ2n) is 5.19. The van der Waals surface area contributed by atoms with E-state index in [1.54, 1.807) is 0 Å². The van der Waals surface area contributed by atoms with Crippen LogP contribution in [0, 0.1) is 11.7 Å². The molecule has 0 aromatic heterocycles. The minimum atomic E-state index is -0.484. The first kappa shape index (κ1) is 15.4. The fourth-order valence-electron chi connectivity index (χ4n) is 1.71. The van der Waals surface area contributed by atoms with E-state index in [0.29, 0.717) is 11.6 Å². The van der Waals surface area contributed by atoms with Gasteiger partial charge in [0, 0.05) is 11.7 Å². The second-order valence-corrected chi connectivity index (χ2v) is 5.19. The molecule has 19 heavy (non-hydrogen) atoms. The Morgan fingerprint density at radius 2 is 2.05 bits per heavy atom. The lowest BCUT2D eigenvalue weighted by atomic mass is 10.1. The predicted molar refractivity (Wildman–Crippen MR) is 76.4 cm³/mol. The maximum absolute atomic E-state index is 13.5. The number of likely N-dealkylation sites (N-methyl/N-ethyl adjacent to an activating group) is 1. The van der Waals surface area contributed by atoms with Crippen molar-refractivity contribution in [3.8, 4) is 0 Å². The summed E-state index contributed by atoms with van der Waals surface area (Å²) in [5, 5.41) is 2.54. The number of anilines is 2. The maximum atomic E-state index is 13.5. The van der Waals surface area contributed by atoms with E-state index < -0.39 is 5.82 Å². The zero-order chi connectivity index (χ0) is 14.6. The van der Waals surface area contributed by atoms with Crippen LogP contribution in [-0.4, -0.2) is 30.4 Å². The number of rotatable bonds is 5. The molecule has 1 aromatic carbocycles. The van der Waals surface area contributed by atoms with E-state index in [0.717, 1.165) is 0 Å². The van der Waals surface area contributed by atoms with Gasteiger partial charge in [-0.25, -0.2) is 4.39 Å². The largest absolute Gasteiger partial charge is 0.399 e. The predicted octanol–water partition coefficient (Wildman–Crippen LogP) is 2.32. The van der Waals surface area contributed by atoms with Crippen molar-refractivity contribution < 1.29 is 9.18 Å². The molecule has 0 saturated heterocycles. The van der Waals surface area contributed by atoms with Gasteiger partial charge in [0.25, 0.3) is 0 Å². The molecule has 1 unspecified atom stereocenters. The van der Waals surface area contributed by atoms with Crippen LogP contribution in [0.25, 0.3) is 0 Å². The van der Waals surface area contributed by atoms with Gasteiger partial charge in [0.2, 0.25) is 5.91 Å². The Hall–Kier alpha value is -1.62. The number of hydrogen-bond donors (Lipinski definition) is 2. The molecule has 4 nitrogen and oxygen atoms in total. The minimum Gasteiger partial charge on any atom is -0.399 e. The third kappa shape index (κ3) is 4.52. The van der Waals surface area contributed by atoms with Crippen molar-refractivity contribution in [2.24, 2.45) is 5.92 Å². The number of benzene rings is 1. The molecule has 1 amide bonds. The van der Waals surface area contributed by atoms with E-state index in [9.17, 15) is 9.18 Å². The SMILES string of the molecule is CC(C)C(C)N(C)CC(=O)Nc1cc(N)ccc1F. The smallest absolute Gasteiger partial charge is 0.238 e. The zero-order valence-corrected chi connectivity index (χ0v) is 11.9. The third-order valence-corrected chi connectivity index (χ3v) is 3.32. The van der Waals surface area contributed by atoms with Crippen molar-refractivity contribution in [2.75, 3.05) is 24.6 Å². The number of hydrogen-bond acceptors (Lipinski definition) is 3. The van der Waals surface area contributed by atoms with Crippen LogP contribution in [0.4, 0.5) is 15.8 Å². The van der Waals surface area contributed by atoms with Crippen LogP contribution < -0.4 is 11.1 Å². The number of halogens is 1. The quantitative estimate of drug-likeness (QED) is 0.805. The molecule has 1 atom stereocenters. The van der Waals surface area contributed by atoms with Gasteiger partial charge >= 0.3 is 0 Å². The first-order valence-electron chi connectivity index (χ1n) is 6.36. The summed E-state index contributed by atoms with van der Waals surface area (Å²) >= 11 is 0. The van der Waals surface area contributed by atoms with Crippen molar-refractivity contribution >= 4 is 17.3 Å². The lowest BCUT2D eigenvalue weighted by Crippen LogP contribution is -2.39. The Morgan fingerprint density at radius 3 is 2.63 bits per heavy atom. The van der Waals surface area contributed by atoms with E-state index in [-0.39, 0.29) is 24.2 Å². The minimum absolute atomic E-state index is 0.121. The summed E-state index contributed by atoms with van der Waals surface area (Å²) in [6.07, 6.45) is 0. The van der Waals surface area contributed by atoms with E-state index in [1.807, 2.05) is 11.9 Å². The number of nitrogen functional groups attached to an aromatic ring is 1. The molecule has 0 aliphatic heterocycles. The number of amides is 1. The third-order valence-electron chi connectivity index (χ3n) is 3.32. The average molecular weight is 267 g/mol. The van der Waals surface area contributed by atoms with Gasteiger partial charge in [0.1, 0.15) is 5.82 Å². The second kappa shape index (κ2) is 6.52. The highest BCUT2D eigenvalue weighted by Gasteiger charge is 2.16. The average Bonchev–Trinajstić information content (AvgIpc) is 2.32. The van der Waals surface area contributed by atoms with E-state index >= 15 is 0 Å². The molecule has 0 bridgehead atoms. The maximum Gasteiger partial charge on any atom is 0.238 e. The zero-order valence-electron chi connectivity index (χ0n) is 11.9. The Balaban J connectivity index is 2.63. The van der Waals surface area contributed by atoms with Crippen LogP contribution in [0.2, 0.25) is 0 Å². The van der Waals surface area contributed by atoms with Gasteiger partial charge in [0.05, 0.1) is 12.2 Å². The molecule has 0 aliphatic carbocycles. The van der Waals surface area contributed by atoms with Gasteiger partial charge in [-0.3, -0.25) is 9.69 Å². The number of nitrogens with zero attached hydrogens (tertiary/aromatic N) is 1. The normalized spacial score (nSPS) is 12.8. The molecule has 0 radical (unpaired) electrons. The Bertz CT molecular complexity index is 448. The summed E-state index contributed by atoms with van der Waals surface area (Å²) in [5.41, 5.74) is 6.10. The highest BCUT2D eigenvalue weighted by molar-refractivity contribution is 5.92. The topological polar surface area (TPSA) is 58.4 Å². The molecule has 0 spiro atoms. The Labute approximate surface area is 113 Å². The molecule has 3 N–H and O–H groups in total. The first-order chi connectivity index (χ1) is 8.81. The lowest BCUT2D eigenvalue weighted by molar-refractivity contribution is -0.117. The van der Waals surface area contributed by atoms with Crippen LogP contribution in [0.5, 0.6) is 0 Å². The molecule has 106 valence electrons. The first-order valence-corrected chi connectivity index (χ1v) is 6.36. The van der Waals surface area contributed by atoms with Crippen LogP contribution in [0.1, 0.15) is 20.8 Å². The van der Waals surface area contributed by atoms with Gasteiger partial charge in [-0.05, 0) is 38.1 Å². The molecule has 1 aromatic rings. The number of carbonyl (C=O) groups excluding carboxylic acids is 1. The van der Waals surface area contributed by atoms with Gasteiger partial charge in [-0.1, -0.05) is 13.8 Å². The summed E-state index contributed by atoms with van der Waals surface area (Å²) in [7, 11) is 1.87. The molecular weight excluding hydrogens is 245 g/mol. The van der Waals surface area contributed by atoms with Crippen LogP contribution in [0.15, 0.2) is 18.2 Å². The highest BCUT2D eigenvalue weighted by atomic mass is 19.1. The summed E-state index contributed by atoms with van der Waals surface area (Å²) in [5.74, 6) is -0.288. The monoisotopic (exact) mass is 267 g/mol. The summed E-state index contributed by atoms with van der Waals surface area (Å²) in [6.45, 7) is 6.46. The summed E-state index contributed by atoms with van der Waals surface area (Å²) in [6, 6.07) is 4.39. The summed E-state index contributed by atoms with van der Waals surface area (Å²) in [4.78, 5) is 13.8. The lowest BCUT2D eigenvalue weighted by Gasteiger charge is -2.27. The Morgan fingerprint density at radius 1 is 1.42 bits per heavy atom. The van der Waals surface area contributed by atoms with Gasteiger partial charge in [-0.15, -0.1) is 0 Å². The molecule has 0 saturated carbocycles. The number of nitrogens with two attached hydrogens (primary N) is 1. The highest BCUT2D eigenvalue weighted by Crippen LogP contribution is 2.17. The molecule has 0 heterocycles. The molecule has 0 aliphatic rings. The fraction of sp³-hybridized carbons (Fsp3) is 0.500. The standard InChI is InChI=1S/C14H22FN3O/c1-9(2)10(3)18(4)8-14(19)17-13-7-11(16)5-6-12(13)15/h5-7,9-10H,8,16H2,1-4H3,(H,17,19). The van der Waals surface area contributed by atoms with Gasteiger partial charge in [-0.2, -0.15) is 0 Å². The van der Waals surface area contributed by atoms with Crippen molar-refractivity contribution in [2.45, 2.75) is 26.8 Å². The van der Waals surface area contributed by atoms with Crippen LogP contribution >= 0.6 is 0 Å². The van der Waals surface area contributed by atoms with Crippen LogP contribution in [0.3, 0.4) is 0 Å². The van der Waals surface area contributed by atoms with Crippen molar-refractivity contribution in [1.82, 2.24) is 4.90 Å². The Kier molecular flexibility index (Phi) is 5.30. The van der Waals surface area contributed by atoms with Crippen molar-refractivity contribution in [1.29, 1.82) is 0 Å². The van der Waals surface area contributed by atoms with E-state index in [1.165, 1.54) is 18.2 Å². The fourth-order valence-corrected chi connectivity index (χ4v) is 1.71. The molecule has 1 rings (SSSR count). The van der Waals surface area contributed by atoms with E-state index in [2.05, 4.69) is 26.1 Å². The van der Waals surface area contributed by atoms with Crippen molar-refractivity contribution in [3.63, 3.8) is 0 Å². The molecule has 0 fully saturated rings. The van der Waals surface area contributed by atoms with E-state index in [4.69, 9.17) is 5.73 Å². The van der Waals surface area contributed by atoms with Crippen molar-refractivity contribution in [3.05, 3.63) is 24.0 Å². The van der Waals surface area contributed by atoms with Gasteiger partial charge < -0.3 is 11.1 Å². The number of nitrogens with one attached hydrogen (secondary N) is 1. The van der Waals surface area contributed by atoms with Crippen LogP contribution in [-0.2, 0) is 4.79 Å².